The second kappa shape index (κ2) is 4.52. The molecule has 16 heavy (non-hydrogen) atoms. The van der Waals surface area contributed by atoms with Crippen molar-refractivity contribution >= 4 is 11.9 Å². The second-order valence-electron chi connectivity index (χ2n) is 3.02. The SMILES string of the molecule is CCNC(=O)c1ccc(O)c(O)c1C(=O)O. The zero-order valence-electron chi connectivity index (χ0n) is 8.52. The topological polar surface area (TPSA) is 107 Å². The van der Waals surface area contributed by atoms with Crippen molar-refractivity contribution in [3.63, 3.8) is 0 Å². The van der Waals surface area contributed by atoms with Gasteiger partial charge < -0.3 is 20.6 Å². The number of phenolic OH excluding ortho intramolecular Hbond substituents is 1. The Bertz CT molecular complexity index is 441. The summed E-state index contributed by atoms with van der Waals surface area (Å²) in [7, 11) is 0. The number of aromatic hydroxyl groups is 2. The van der Waals surface area contributed by atoms with Gasteiger partial charge in [-0.15, -0.1) is 0 Å². The summed E-state index contributed by atoms with van der Waals surface area (Å²) in [5.41, 5.74) is -0.796. The maximum atomic E-state index is 11.5. The number of carbonyl (C=O) groups excluding carboxylic acids is 1. The molecule has 0 aliphatic carbocycles. The van der Waals surface area contributed by atoms with E-state index in [9.17, 15) is 14.7 Å². The molecule has 0 spiro atoms. The molecule has 0 saturated heterocycles. The molecule has 4 N–H and O–H groups in total. The van der Waals surface area contributed by atoms with E-state index in [1.807, 2.05) is 0 Å². The number of amides is 1. The van der Waals surface area contributed by atoms with E-state index in [0.29, 0.717) is 6.54 Å². The van der Waals surface area contributed by atoms with E-state index in [0.717, 1.165) is 12.1 Å². The van der Waals surface area contributed by atoms with Crippen molar-refractivity contribution in [3.8, 4) is 11.5 Å². The number of carbonyl (C=O) groups is 2. The molecular formula is C10H11NO5. The van der Waals surface area contributed by atoms with Crippen LogP contribution in [0.1, 0.15) is 27.6 Å². The first-order valence-corrected chi connectivity index (χ1v) is 4.55. The molecule has 1 aromatic rings. The van der Waals surface area contributed by atoms with Crippen LogP contribution < -0.4 is 5.32 Å². The van der Waals surface area contributed by atoms with Crippen molar-refractivity contribution < 1.29 is 24.9 Å². The lowest BCUT2D eigenvalue weighted by molar-refractivity contribution is 0.0687. The van der Waals surface area contributed by atoms with Gasteiger partial charge in [0.25, 0.3) is 5.91 Å². The van der Waals surface area contributed by atoms with Crippen molar-refractivity contribution in [2.45, 2.75) is 6.92 Å². The van der Waals surface area contributed by atoms with E-state index in [1.54, 1.807) is 6.92 Å². The molecule has 1 amide bonds. The first-order valence-electron chi connectivity index (χ1n) is 4.55. The van der Waals surface area contributed by atoms with Crippen LogP contribution in [0.4, 0.5) is 0 Å². The molecule has 1 aromatic carbocycles. The van der Waals surface area contributed by atoms with Crippen LogP contribution in [0, 0.1) is 0 Å². The minimum absolute atomic E-state index is 0.190. The fourth-order valence-electron chi connectivity index (χ4n) is 1.24. The Morgan fingerprint density at radius 1 is 1.31 bits per heavy atom. The van der Waals surface area contributed by atoms with Gasteiger partial charge in [-0.1, -0.05) is 0 Å². The highest BCUT2D eigenvalue weighted by molar-refractivity contribution is 6.07. The van der Waals surface area contributed by atoms with Gasteiger partial charge in [-0.25, -0.2) is 4.79 Å². The van der Waals surface area contributed by atoms with Crippen LogP contribution in [0.25, 0.3) is 0 Å². The highest BCUT2D eigenvalue weighted by Crippen LogP contribution is 2.31. The van der Waals surface area contributed by atoms with E-state index >= 15 is 0 Å². The molecule has 0 aliphatic heterocycles. The number of phenols is 2. The van der Waals surface area contributed by atoms with Crippen LogP contribution in [0.3, 0.4) is 0 Å². The maximum Gasteiger partial charge on any atom is 0.340 e. The number of nitrogens with one attached hydrogen (secondary N) is 1. The van der Waals surface area contributed by atoms with Gasteiger partial charge in [0, 0.05) is 6.54 Å². The van der Waals surface area contributed by atoms with Crippen molar-refractivity contribution in [1.82, 2.24) is 5.32 Å². The highest BCUT2D eigenvalue weighted by Gasteiger charge is 2.22. The molecule has 0 heterocycles. The number of carboxylic acid groups (broad SMARTS) is 1. The summed E-state index contributed by atoms with van der Waals surface area (Å²) < 4.78 is 0. The summed E-state index contributed by atoms with van der Waals surface area (Å²) in [5, 5.41) is 29.7. The van der Waals surface area contributed by atoms with Crippen molar-refractivity contribution in [2.24, 2.45) is 0 Å². The van der Waals surface area contributed by atoms with Crippen LogP contribution in [-0.4, -0.2) is 33.7 Å². The number of hydrogen-bond acceptors (Lipinski definition) is 4. The second-order valence-corrected chi connectivity index (χ2v) is 3.02. The van der Waals surface area contributed by atoms with Crippen LogP contribution >= 0.6 is 0 Å². The van der Waals surface area contributed by atoms with Gasteiger partial charge >= 0.3 is 5.97 Å². The summed E-state index contributed by atoms with van der Waals surface area (Å²) in [6.45, 7) is 2.01. The largest absolute Gasteiger partial charge is 0.504 e. The summed E-state index contributed by atoms with van der Waals surface area (Å²) in [4.78, 5) is 22.3. The summed E-state index contributed by atoms with van der Waals surface area (Å²) in [5.74, 6) is -3.48. The minimum Gasteiger partial charge on any atom is -0.504 e. The Kier molecular flexibility index (Phi) is 3.34. The molecule has 0 atom stereocenters. The third-order valence-electron chi connectivity index (χ3n) is 1.95. The van der Waals surface area contributed by atoms with Gasteiger partial charge in [-0.3, -0.25) is 4.79 Å². The Morgan fingerprint density at radius 2 is 1.94 bits per heavy atom. The monoisotopic (exact) mass is 225 g/mol. The Balaban J connectivity index is 3.34. The predicted molar refractivity (Wildman–Crippen MR) is 54.7 cm³/mol. The van der Waals surface area contributed by atoms with E-state index in [1.165, 1.54) is 0 Å². The van der Waals surface area contributed by atoms with E-state index in [4.69, 9.17) is 10.2 Å². The molecule has 0 aromatic heterocycles. The zero-order valence-corrected chi connectivity index (χ0v) is 8.52. The summed E-state index contributed by atoms with van der Waals surface area (Å²) in [6, 6.07) is 2.20. The van der Waals surface area contributed by atoms with Gasteiger partial charge in [0.15, 0.2) is 11.5 Å². The van der Waals surface area contributed by atoms with Gasteiger partial charge in [0.1, 0.15) is 5.56 Å². The smallest absolute Gasteiger partial charge is 0.340 e. The van der Waals surface area contributed by atoms with E-state index in [2.05, 4.69) is 5.32 Å². The van der Waals surface area contributed by atoms with Crippen molar-refractivity contribution in [2.75, 3.05) is 6.54 Å². The Hall–Kier alpha value is -2.24. The van der Waals surface area contributed by atoms with Crippen LogP contribution in [0.15, 0.2) is 12.1 Å². The molecule has 1 rings (SSSR count). The number of aromatic carboxylic acids is 1. The number of rotatable bonds is 3. The Labute approximate surface area is 91.1 Å². The fourth-order valence-corrected chi connectivity index (χ4v) is 1.24. The standard InChI is InChI=1S/C10H11NO5/c1-2-11-9(14)5-3-4-6(12)8(13)7(5)10(15)16/h3-4,12-13H,2H2,1H3,(H,11,14)(H,15,16). The van der Waals surface area contributed by atoms with Crippen molar-refractivity contribution in [3.05, 3.63) is 23.3 Å². The normalized spacial score (nSPS) is 9.81. The molecule has 0 fully saturated rings. The molecule has 0 radical (unpaired) electrons. The van der Waals surface area contributed by atoms with E-state index < -0.39 is 28.9 Å². The quantitative estimate of drug-likeness (QED) is 0.562. The predicted octanol–water partition coefficient (Wildman–Crippen LogP) is 0.546. The molecule has 0 aliphatic rings. The van der Waals surface area contributed by atoms with Gasteiger partial charge in [-0.2, -0.15) is 0 Å². The first-order chi connectivity index (χ1) is 7.49. The van der Waals surface area contributed by atoms with Gasteiger partial charge in [0.05, 0.1) is 5.56 Å². The lowest BCUT2D eigenvalue weighted by Gasteiger charge is -2.08. The summed E-state index contributed by atoms with van der Waals surface area (Å²) >= 11 is 0. The average molecular weight is 225 g/mol. The average Bonchev–Trinajstić information content (AvgIpc) is 2.21. The summed E-state index contributed by atoms with van der Waals surface area (Å²) in [6.07, 6.45) is 0. The van der Waals surface area contributed by atoms with Crippen LogP contribution in [0.2, 0.25) is 0 Å². The number of benzene rings is 1. The van der Waals surface area contributed by atoms with E-state index in [-0.39, 0.29) is 5.56 Å². The molecule has 6 nitrogen and oxygen atoms in total. The fraction of sp³-hybridized carbons (Fsp3) is 0.200. The molecule has 6 heteroatoms. The van der Waals surface area contributed by atoms with Crippen LogP contribution in [0.5, 0.6) is 11.5 Å². The molecule has 0 bridgehead atoms. The third kappa shape index (κ3) is 2.05. The number of carboxylic acids is 1. The first kappa shape index (κ1) is 11.8. The van der Waals surface area contributed by atoms with Gasteiger partial charge in [0.2, 0.25) is 0 Å². The lowest BCUT2D eigenvalue weighted by Crippen LogP contribution is -2.24. The molecule has 86 valence electrons. The Morgan fingerprint density at radius 3 is 2.44 bits per heavy atom. The maximum absolute atomic E-state index is 11.5. The number of hydrogen-bond donors (Lipinski definition) is 4. The zero-order chi connectivity index (χ0) is 12.3. The lowest BCUT2D eigenvalue weighted by atomic mass is 10.0. The van der Waals surface area contributed by atoms with Crippen LogP contribution in [-0.2, 0) is 0 Å². The molecular weight excluding hydrogens is 214 g/mol. The molecule has 0 saturated carbocycles. The minimum atomic E-state index is -1.48. The third-order valence-corrected chi connectivity index (χ3v) is 1.95. The molecule has 0 unspecified atom stereocenters. The highest BCUT2D eigenvalue weighted by atomic mass is 16.4. The van der Waals surface area contributed by atoms with Gasteiger partial charge in [-0.05, 0) is 19.1 Å². The van der Waals surface area contributed by atoms with Crippen molar-refractivity contribution in [1.29, 1.82) is 0 Å².